The van der Waals surface area contributed by atoms with Crippen LogP contribution in [0.4, 0.5) is 4.39 Å². The molecule has 6 heteroatoms. The van der Waals surface area contributed by atoms with Gasteiger partial charge in [-0.15, -0.1) is 0 Å². The van der Waals surface area contributed by atoms with E-state index in [1.165, 1.54) is 16.8 Å². The summed E-state index contributed by atoms with van der Waals surface area (Å²) in [6.45, 7) is 0. The second-order valence-electron chi connectivity index (χ2n) is 4.33. The van der Waals surface area contributed by atoms with Crippen LogP contribution in [-0.4, -0.2) is 21.1 Å². The number of nitrogens with zero attached hydrogens (tertiary/aromatic N) is 3. The minimum absolute atomic E-state index is 0.281. The lowest BCUT2D eigenvalue weighted by Crippen LogP contribution is -1.95. The molecule has 4 nitrogen and oxygen atoms in total. The van der Waals surface area contributed by atoms with E-state index in [2.05, 4.69) is 15.3 Å². The van der Waals surface area contributed by atoms with Crippen molar-refractivity contribution < 1.29 is 4.39 Å². The Morgan fingerprint density at radius 3 is 2.52 bits per heavy atom. The van der Waals surface area contributed by atoms with E-state index in [0.29, 0.717) is 10.6 Å². The van der Waals surface area contributed by atoms with Gasteiger partial charge in [0.25, 0.3) is 0 Å². The number of benzene rings is 2. The average molecular weight is 298 g/mol. The van der Waals surface area contributed by atoms with E-state index >= 15 is 0 Å². The topological polar surface area (TPSA) is 46.0 Å². The van der Waals surface area contributed by atoms with Gasteiger partial charge in [0.1, 0.15) is 5.82 Å². The van der Waals surface area contributed by atoms with Crippen molar-refractivity contribution in [2.24, 2.45) is 5.10 Å². The summed E-state index contributed by atoms with van der Waals surface area (Å²) in [5, 5.41) is 11.2. The largest absolute Gasteiger partial charge is 0.250 e. The molecule has 21 heavy (non-hydrogen) atoms. The standard InChI is InChI=1S/C15H11FN4S/c16-13-8-6-11(7-9-13)10-17-20-14(18-19-15(20)21)12-4-2-1-3-5-12/h1-10H,(H,19,21). The molecule has 0 bridgehead atoms. The molecule has 0 aliphatic heterocycles. The van der Waals surface area contributed by atoms with Gasteiger partial charge in [-0.25, -0.2) is 9.49 Å². The van der Waals surface area contributed by atoms with Gasteiger partial charge < -0.3 is 0 Å². The predicted molar refractivity (Wildman–Crippen MR) is 82.2 cm³/mol. The van der Waals surface area contributed by atoms with Crippen LogP contribution in [0, 0.1) is 10.6 Å². The van der Waals surface area contributed by atoms with Gasteiger partial charge in [0.05, 0.1) is 6.21 Å². The molecule has 0 saturated carbocycles. The lowest BCUT2D eigenvalue weighted by Gasteiger charge is -2.00. The van der Waals surface area contributed by atoms with Crippen molar-refractivity contribution in [3.8, 4) is 11.4 Å². The smallest absolute Gasteiger partial charge is 0.216 e. The minimum Gasteiger partial charge on any atom is -0.250 e. The van der Waals surface area contributed by atoms with E-state index in [1.807, 2.05) is 30.3 Å². The van der Waals surface area contributed by atoms with Gasteiger partial charge in [0.15, 0.2) is 5.82 Å². The molecular weight excluding hydrogens is 287 g/mol. The second kappa shape index (κ2) is 5.80. The highest BCUT2D eigenvalue weighted by atomic mass is 32.1. The molecule has 1 heterocycles. The van der Waals surface area contributed by atoms with Gasteiger partial charge in [-0.05, 0) is 29.9 Å². The molecule has 0 atom stereocenters. The van der Waals surface area contributed by atoms with Crippen molar-refractivity contribution in [3.63, 3.8) is 0 Å². The Bertz CT molecular complexity index is 819. The molecule has 0 spiro atoms. The molecule has 0 aliphatic rings. The number of aromatic nitrogens is 3. The highest BCUT2D eigenvalue weighted by Gasteiger charge is 2.06. The second-order valence-corrected chi connectivity index (χ2v) is 4.71. The van der Waals surface area contributed by atoms with E-state index in [1.54, 1.807) is 18.3 Å². The summed E-state index contributed by atoms with van der Waals surface area (Å²) in [7, 11) is 0. The number of hydrogen-bond donors (Lipinski definition) is 1. The van der Waals surface area contributed by atoms with Crippen LogP contribution in [0.1, 0.15) is 5.56 Å². The Kier molecular flexibility index (Phi) is 3.70. The zero-order valence-electron chi connectivity index (χ0n) is 10.9. The molecule has 0 unspecified atom stereocenters. The van der Waals surface area contributed by atoms with Crippen LogP contribution >= 0.6 is 12.2 Å². The van der Waals surface area contributed by atoms with Gasteiger partial charge in [-0.3, -0.25) is 0 Å². The SMILES string of the molecule is Fc1ccc(C=Nn2c(-c3ccccc3)n[nH]c2=S)cc1. The van der Waals surface area contributed by atoms with Crippen molar-refractivity contribution in [1.29, 1.82) is 0 Å². The van der Waals surface area contributed by atoms with Crippen molar-refractivity contribution in [3.05, 3.63) is 70.7 Å². The van der Waals surface area contributed by atoms with E-state index < -0.39 is 0 Å². The third-order valence-corrected chi connectivity index (χ3v) is 3.14. The van der Waals surface area contributed by atoms with Gasteiger partial charge in [0.2, 0.25) is 4.77 Å². The molecule has 3 rings (SSSR count). The maximum atomic E-state index is 12.9. The van der Waals surface area contributed by atoms with E-state index in [9.17, 15) is 4.39 Å². The zero-order chi connectivity index (χ0) is 14.7. The van der Waals surface area contributed by atoms with E-state index in [4.69, 9.17) is 12.2 Å². The fraction of sp³-hybridized carbons (Fsp3) is 0. The van der Waals surface area contributed by atoms with Crippen LogP contribution in [-0.2, 0) is 0 Å². The summed E-state index contributed by atoms with van der Waals surface area (Å²) >= 11 is 5.18. The van der Waals surface area contributed by atoms with E-state index in [-0.39, 0.29) is 5.82 Å². The fourth-order valence-corrected chi connectivity index (χ4v) is 2.03. The monoisotopic (exact) mass is 298 g/mol. The Balaban J connectivity index is 1.98. The van der Waals surface area contributed by atoms with Crippen LogP contribution in [0.5, 0.6) is 0 Å². The molecule has 3 aromatic rings. The first-order valence-corrected chi connectivity index (χ1v) is 6.67. The van der Waals surface area contributed by atoms with Crippen LogP contribution < -0.4 is 0 Å². The van der Waals surface area contributed by atoms with Gasteiger partial charge >= 0.3 is 0 Å². The predicted octanol–water partition coefficient (Wildman–Crippen LogP) is 3.63. The summed E-state index contributed by atoms with van der Waals surface area (Å²) in [5.74, 6) is 0.344. The molecule has 2 aromatic carbocycles. The highest BCUT2D eigenvalue weighted by Crippen LogP contribution is 2.16. The Morgan fingerprint density at radius 2 is 1.81 bits per heavy atom. The summed E-state index contributed by atoms with van der Waals surface area (Å²) in [5.41, 5.74) is 1.68. The number of aromatic amines is 1. The van der Waals surface area contributed by atoms with Gasteiger partial charge in [-0.1, -0.05) is 42.5 Å². The van der Waals surface area contributed by atoms with Crippen LogP contribution in [0.15, 0.2) is 59.7 Å². The van der Waals surface area contributed by atoms with Gasteiger partial charge in [-0.2, -0.15) is 14.9 Å². The molecule has 104 valence electrons. The normalized spacial score (nSPS) is 11.1. The first-order valence-electron chi connectivity index (χ1n) is 6.27. The van der Waals surface area contributed by atoms with Crippen molar-refractivity contribution in [2.45, 2.75) is 0 Å². The minimum atomic E-state index is -0.281. The summed E-state index contributed by atoms with van der Waals surface area (Å²) in [4.78, 5) is 0. The van der Waals surface area contributed by atoms with Crippen molar-refractivity contribution in [1.82, 2.24) is 14.9 Å². The Hall–Kier alpha value is -2.60. The maximum Gasteiger partial charge on any atom is 0.216 e. The summed E-state index contributed by atoms with van der Waals surface area (Å²) in [6.07, 6.45) is 1.61. The molecular formula is C15H11FN4S. The number of H-pyrrole nitrogens is 1. The molecule has 0 aliphatic carbocycles. The molecule has 1 aromatic heterocycles. The Labute approximate surface area is 125 Å². The first kappa shape index (κ1) is 13.4. The highest BCUT2D eigenvalue weighted by molar-refractivity contribution is 7.71. The maximum absolute atomic E-state index is 12.9. The lowest BCUT2D eigenvalue weighted by atomic mass is 10.2. The summed E-state index contributed by atoms with van der Waals surface area (Å²) < 4.78 is 14.8. The fourth-order valence-electron chi connectivity index (χ4n) is 1.85. The van der Waals surface area contributed by atoms with Crippen LogP contribution in [0.3, 0.4) is 0 Å². The average Bonchev–Trinajstić information content (AvgIpc) is 2.89. The lowest BCUT2D eigenvalue weighted by molar-refractivity contribution is 0.628. The summed E-state index contributed by atoms with van der Waals surface area (Å²) in [6, 6.07) is 15.7. The third-order valence-electron chi connectivity index (χ3n) is 2.87. The third kappa shape index (κ3) is 2.95. The number of halogens is 1. The molecule has 0 fully saturated rings. The Morgan fingerprint density at radius 1 is 1.10 bits per heavy atom. The van der Waals surface area contributed by atoms with Crippen LogP contribution in [0.25, 0.3) is 11.4 Å². The number of hydrogen-bond acceptors (Lipinski definition) is 3. The number of rotatable bonds is 3. The van der Waals surface area contributed by atoms with Crippen molar-refractivity contribution >= 4 is 18.4 Å². The molecule has 1 N–H and O–H groups in total. The number of nitrogens with one attached hydrogen (secondary N) is 1. The van der Waals surface area contributed by atoms with E-state index in [0.717, 1.165) is 11.1 Å². The quantitative estimate of drug-likeness (QED) is 0.593. The van der Waals surface area contributed by atoms with Crippen molar-refractivity contribution in [2.75, 3.05) is 0 Å². The van der Waals surface area contributed by atoms with Crippen LogP contribution in [0.2, 0.25) is 0 Å². The molecule has 0 amide bonds. The molecule has 0 saturated heterocycles. The zero-order valence-corrected chi connectivity index (χ0v) is 11.7. The first-order chi connectivity index (χ1) is 10.2. The molecule has 0 radical (unpaired) electrons. The van der Waals surface area contributed by atoms with Gasteiger partial charge in [0, 0.05) is 5.56 Å².